The number of carbonyl (C=O) groups is 1. The van der Waals surface area contributed by atoms with Gasteiger partial charge < -0.3 is 20.3 Å². The third-order valence-corrected chi connectivity index (χ3v) is 7.42. The molecule has 2 rings (SSSR count). The molecule has 0 aliphatic carbocycles. The second kappa shape index (κ2) is 25.5. The zero-order valence-electron chi connectivity index (χ0n) is 29.3. The van der Waals surface area contributed by atoms with Crippen molar-refractivity contribution in [3.05, 3.63) is 99.7 Å². The van der Waals surface area contributed by atoms with Crippen LogP contribution in [-0.2, 0) is 4.74 Å². The molecule has 1 N–H and O–H groups in total. The first-order valence-electron chi connectivity index (χ1n) is 16.2. The van der Waals surface area contributed by atoms with Gasteiger partial charge in [0.2, 0.25) is 0 Å². The van der Waals surface area contributed by atoms with Crippen LogP contribution in [-0.4, -0.2) is 54.4 Å². The number of aryl methyl sites for hydroxylation is 1. The van der Waals surface area contributed by atoms with E-state index in [4.69, 9.17) is 16.3 Å². The summed E-state index contributed by atoms with van der Waals surface area (Å²) >= 11 is 5.64. The Hall–Kier alpha value is -1.61. The molecule has 0 bridgehead atoms. The van der Waals surface area contributed by atoms with Gasteiger partial charge in [0.25, 0.3) is 0 Å². The van der Waals surface area contributed by atoms with Gasteiger partial charge in [0.15, 0.2) is 0 Å². The van der Waals surface area contributed by atoms with Crippen LogP contribution >= 0.6 is 11.6 Å². The van der Waals surface area contributed by atoms with Gasteiger partial charge in [-0.25, -0.2) is 4.79 Å². The molecule has 0 spiro atoms. The number of hydrogen-bond donors (Lipinski definition) is 0. The van der Waals surface area contributed by atoms with Gasteiger partial charge in [0.05, 0.1) is 6.61 Å². The van der Waals surface area contributed by atoms with Crippen LogP contribution in [0.5, 0.6) is 0 Å². The Kier molecular flexibility index (Phi) is 24.6. The number of rotatable bonds is 14. The minimum Gasteiger partial charge on any atom is -0.482 e. The SMILES string of the molecule is C=C(C=N/C=C\CCC)C(=C/CCCC)/C(=C(/[NH-])N1CCN(C(=O)OCC)CC1C)C(/C)=C/CCC.Cc1cccc(Cl)c1.[K+]. The number of nitrogens with zero attached hydrogens (tertiary/aromatic N) is 3. The number of aliphatic imine (C=N–C) groups is 1. The summed E-state index contributed by atoms with van der Waals surface area (Å²) in [4.78, 5) is 20.6. The van der Waals surface area contributed by atoms with Crippen molar-refractivity contribution in [3.63, 3.8) is 0 Å². The van der Waals surface area contributed by atoms with Crippen LogP contribution in [0.1, 0.15) is 92.1 Å². The Bertz CT molecular complexity index is 1170. The van der Waals surface area contributed by atoms with Crippen LogP contribution in [0.4, 0.5) is 4.79 Å². The Balaban J connectivity index is 0.00000186. The smallest absolute Gasteiger partial charge is 0.482 e. The third-order valence-electron chi connectivity index (χ3n) is 7.19. The Morgan fingerprint density at radius 1 is 1.11 bits per heavy atom. The van der Waals surface area contributed by atoms with E-state index in [1.54, 1.807) is 4.90 Å². The number of hydrogen-bond acceptors (Lipinski definition) is 4. The van der Waals surface area contributed by atoms with Crippen molar-refractivity contribution >= 4 is 23.9 Å². The van der Waals surface area contributed by atoms with Crippen molar-refractivity contribution in [1.82, 2.24) is 9.80 Å². The van der Waals surface area contributed by atoms with Gasteiger partial charge in [0, 0.05) is 30.5 Å². The summed E-state index contributed by atoms with van der Waals surface area (Å²) < 4.78 is 5.20. The first-order chi connectivity index (χ1) is 21.1. The number of carbonyl (C=O) groups excluding carboxylic acids is 1. The van der Waals surface area contributed by atoms with Gasteiger partial charge >= 0.3 is 57.5 Å². The summed E-state index contributed by atoms with van der Waals surface area (Å²) in [5.41, 5.74) is 14.3. The summed E-state index contributed by atoms with van der Waals surface area (Å²) in [5.74, 6) is 0.481. The molecule has 1 aromatic carbocycles. The van der Waals surface area contributed by atoms with Gasteiger partial charge in [-0.15, -0.1) is 0 Å². The van der Waals surface area contributed by atoms with E-state index in [2.05, 4.69) is 69.3 Å². The maximum atomic E-state index is 12.3. The van der Waals surface area contributed by atoms with E-state index in [1.807, 2.05) is 50.5 Å². The second-order valence-electron chi connectivity index (χ2n) is 11.1. The summed E-state index contributed by atoms with van der Waals surface area (Å²) in [6.45, 7) is 20.9. The van der Waals surface area contributed by atoms with Crippen LogP contribution in [0.2, 0.25) is 5.02 Å². The van der Waals surface area contributed by atoms with Crippen molar-refractivity contribution in [3.8, 4) is 0 Å². The van der Waals surface area contributed by atoms with Crippen LogP contribution < -0.4 is 51.4 Å². The van der Waals surface area contributed by atoms with Crippen molar-refractivity contribution in [2.24, 2.45) is 4.99 Å². The van der Waals surface area contributed by atoms with Gasteiger partial charge in [-0.2, -0.15) is 0 Å². The van der Waals surface area contributed by atoms with Crippen LogP contribution in [0.25, 0.3) is 5.73 Å². The second-order valence-corrected chi connectivity index (χ2v) is 11.6. The number of unbranched alkanes of at least 4 members (excludes halogenated alkanes) is 4. The molecule has 1 heterocycles. The Morgan fingerprint density at radius 3 is 2.38 bits per heavy atom. The molecule has 8 heteroatoms. The number of nitrogens with one attached hydrogen (secondary N) is 1. The number of benzene rings is 1. The zero-order chi connectivity index (χ0) is 32.9. The predicted molar refractivity (Wildman–Crippen MR) is 190 cm³/mol. The fourth-order valence-corrected chi connectivity index (χ4v) is 5.00. The quantitative estimate of drug-likeness (QED) is 0.0881. The predicted octanol–water partition coefficient (Wildman–Crippen LogP) is 7.87. The van der Waals surface area contributed by atoms with E-state index in [0.717, 1.165) is 72.3 Å². The number of allylic oxidation sites excluding steroid dienone is 7. The molecule has 6 nitrogen and oxygen atoms in total. The van der Waals surface area contributed by atoms with Gasteiger partial charge in [-0.1, -0.05) is 108 Å². The minimum atomic E-state index is -0.278. The molecule has 1 aliphatic heterocycles. The summed E-state index contributed by atoms with van der Waals surface area (Å²) in [5, 5.41) is 0.810. The fraction of sp³-hybridized carbons (Fsp3) is 0.514. The van der Waals surface area contributed by atoms with E-state index < -0.39 is 0 Å². The number of ether oxygens (including phenoxy) is 1. The first kappa shape index (κ1) is 43.4. The molecule has 1 saturated heterocycles. The Morgan fingerprint density at radius 2 is 1.82 bits per heavy atom. The maximum Gasteiger partial charge on any atom is 1.00 e. The summed E-state index contributed by atoms with van der Waals surface area (Å²) in [7, 11) is 0. The molecule has 1 atom stereocenters. The maximum absolute atomic E-state index is 12.3. The third kappa shape index (κ3) is 16.7. The van der Waals surface area contributed by atoms with E-state index in [0.29, 0.717) is 32.1 Å². The monoisotopic (exact) mass is 662 g/mol. The van der Waals surface area contributed by atoms with Gasteiger partial charge in [-0.3, -0.25) is 4.99 Å². The van der Waals surface area contributed by atoms with Crippen molar-refractivity contribution in [2.75, 3.05) is 26.2 Å². The topological polar surface area (TPSA) is 68.9 Å². The zero-order valence-corrected chi connectivity index (χ0v) is 33.2. The van der Waals surface area contributed by atoms with Gasteiger partial charge in [0.1, 0.15) is 0 Å². The number of piperazine rings is 1. The molecular weight excluding hydrogens is 607 g/mol. The van der Waals surface area contributed by atoms with E-state index >= 15 is 0 Å². The molecule has 1 unspecified atom stereocenters. The molecule has 0 radical (unpaired) electrons. The average molecular weight is 663 g/mol. The van der Waals surface area contributed by atoms with E-state index in [-0.39, 0.29) is 63.5 Å². The molecule has 1 amide bonds. The standard InChI is InChI=1S/C30H49N4O2.C7H7Cl.K/c1-8-12-15-18-27(25(6)22-32-19-16-13-9-2)28(24(5)17-14-10-3)29(31)34-21-20-33(23-26(34)7)30(35)36-11-4;1-6-3-2-4-7(8)5-6;/h16-19,22,26,31H,6,8-15,20-21,23H2,1-5,7H3;2-5H,1H3;/q-1;;+1/b19-16-,24-17+,27-18-,29-28-,32-22?;;. The molecule has 1 aromatic rings. The molecule has 244 valence electrons. The summed E-state index contributed by atoms with van der Waals surface area (Å²) in [6, 6.07) is 7.76. The largest absolute Gasteiger partial charge is 1.00 e. The fourth-order valence-electron chi connectivity index (χ4n) is 4.76. The molecule has 45 heavy (non-hydrogen) atoms. The Labute approximate surface area is 322 Å². The van der Waals surface area contributed by atoms with Crippen molar-refractivity contribution in [2.45, 2.75) is 99.5 Å². The van der Waals surface area contributed by atoms with Crippen LogP contribution in [0.3, 0.4) is 0 Å². The summed E-state index contributed by atoms with van der Waals surface area (Å²) in [6.07, 6.45) is 17.1. The minimum absolute atomic E-state index is 0. The van der Waals surface area contributed by atoms with Crippen LogP contribution in [0.15, 0.2) is 88.4 Å². The number of halogens is 1. The molecule has 0 aromatic heterocycles. The van der Waals surface area contributed by atoms with E-state index in [9.17, 15) is 10.5 Å². The van der Waals surface area contributed by atoms with Gasteiger partial charge in [-0.05, 0) is 92.6 Å². The normalized spacial score (nSPS) is 16.2. The molecular formula is C37H56ClKN4O2. The van der Waals surface area contributed by atoms with Crippen LogP contribution in [0, 0.1) is 6.92 Å². The van der Waals surface area contributed by atoms with Crippen molar-refractivity contribution < 1.29 is 60.9 Å². The molecule has 1 aliphatic rings. The van der Waals surface area contributed by atoms with E-state index in [1.165, 1.54) is 5.56 Å². The number of amides is 1. The molecule has 0 saturated carbocycles. The van der Waals surface area contributed by atoms with Crippen molar-refractivity contribution in [1.29, 1.82) is 0 Å². The first-order valence-corrected chi connectivity index (χ1v) is 16.6. The average Bonchev–Trinajstić information content (AvgIpc) is 2.99. The molecule has 1 fully saturated rings.